The fourth-order valence-electron chi connectivity index (χ4n) is 9.40. The quantitative estimate of drug-likeness (QED) is 0.0861. The van der Waals surface area contributed by atoms with Crippen molar-refractivity contribution in [3.63, 3.8) is 0 Å². The molecule has 0 radical (unpaired) electrons. The average Bonchev–Trinajstić information content (AvgIpc) is 4.06. The molecular formula is C52H69BrN7O15S+. The molecule has 1 aromatic heterocycles. The minimum Gasteiger partial charge on any atom is -0.385 e. The number of ether oxygens (including phenoxy) is 5. The maximum absolute atomic E-state index is 13.5. The molecule has 22 nitrogen and oxygen atoms in total. The first-order valence-electron chi connectivity index (χ1n) is 25.2. The lowest BCUT2D eigenvalue weighted by Crippen LogP contribution is -2.49. The molecule has 5 amide bonds. The van der Waals surface area contributed by atoms with Crippen LogP contribution in [0.25, 0.3) is 0 Å². The van der Waals surface area contributed by atoms with Gasteiger partial charge in [0.05, 0.1) is 66.4 Å². The number of rotatable bonds is 15. The van der Waals surface area contributed by atoms with Crippen molar-refractivity contribution in [3.05, 3.63) is 81.6 Å². The van der Waals surface area contributed by atoms with E-state index < -0.39 is 56.6 Å². The highest BCUT2D eigenvalue weighted by atomic mass is 79.9. The normalized spacial score (nSPS) is 23.3. The predicted octanol–water partition coefficient (Wildman–Crippen LogP) is 3.43. The van der Waals surface area contributed by atoms with Crippen molar-refractivity contribution in [1.29, 1.82) is 0 Å². The number of nitrogens with zero attached hydrogens (tertiary/aromatic N) is 4. The van der Waals surface area contributed by atoms with Gasteiger partial charge < -0.3 is 49.4 Å². The summed E-state index contributed by atoms with van der Waals surface area (Å²) < 4.78 is 66.6. The number of methoxy groups -OCH3 is 2. The molecule has 2 aromatic rings. The summed E-state index contributed by atoms with van der Waals surface area (Å²) >= 11 is 3.69. The highest BCUT2D eigenvalue weighted by molar-refractivity contribution is 9.10. The van der Waals surface area contributed by atoms with Crippen molar-refractivity contribution in [2.45, 2.75) is 100 Å². The third-order valence-corrected chi connectivity index (χ3v) is 14.8. The molecule has 24 heteroatoms. The fourth-order valence-corrected chi connectivity index (χ4v) is 10.5. The van der Waals surface area contributed by atoms with Crippen molar-refractivity contribution < 1.29 is 74.8 Å². The van der Waals surface area contributed by atoms with Gasteiger partial charge in [0.2, 0.25) is 17.7 Å². The highest BCUT2D eigenvalue weighted by Crippen LogP contribution is 2.52. The molecule has 4 N–H and O–H groups in total. The number of pyridine rings is 1. The van der Waals surface area contributed by atoms with E-state index in [2.05, 4.69) is 49.8 Å². The Morgan fingerprint density at radius 1 is 0.895 bits per heavy atom. The summed E-state index contributed by atoms with van der Waals surface area (Å²) in [5.74, 6) is -2.61. The molecule has 5 heterocycles. The molecule has 76 heavy (non-hydrogen) atoms. The Hall–Kier alpha value is -5.73. The van der Waals surface area contributed by atoms with Gasteiger partial charge in [-0.1, -0.05) is 18.2 Å². The van der Waals surface area contributed by atoms with Crippen molar-refractivity contribution >= 4 is 78.8 Å². The summed E-state index contributed by atoms with van der Waals surface area (Å²) in [4.78, 5) is 87.2. The van der Waals surface area contributed by atoms with Gasteiger partial charge in [0.25, 0.3) is 21.9 Å². The monoisotopic (exact) mass is 1140 g/mol. The van der Waals surface area contributed by atoms with Gasteiger partial charge in [-0.2, -0.15) is 8.42 Å². The zero-order valence-electron chi connectivity index (χ0n) is 43.7. The summed E-state index contributed by atoms with van der Waals surface area (Å²) in [5.41, 5.74) is 3.43. The van der Waals surface area contributed by atoms with Crippen molar-refractivity contribution in [2.75, 3.05) is 91.6 Å². The third kappa shape index (κ3) is 15.3. The summed E-state index contributed by atoms with van der Waals surface area (Å²) in [7, 11) is -1.30. The molecule has 1 aromatic carbocycles. The van der Waals surface area contributed by atoms with Gasteiger partial charge in [-0.05, 0) is 102 Å². The Balaban J connectivity index is 1.20. The fraction of sp³-hybridized carbons (Fsp3) is 0.538. The van der Waals surface area contributed by atoms with E-state index in [1.807, 2.05) is 48.1 Å². The van der Waals surface area contributed by atoms with Gasteiger partial charge in [0.15, 0.2) is 5.71 Å². The molecule has 0 spiro atoms. The maximum Gasteiger partial charge on any atom is 0.335 e. The minimum atomic E-state index is -4.55. The molecule has 6 rings (SSSR count). The van der Waals surface area contributed by atoms with Gasteiger partial charge in [-0.15, -0.1) is 5.06 Å². The number of hydroxylamine groups is 2. The number of hydrogen-bond acceptors (Lipinski definition) is 16. The van der Waals surface area contributed by atoms with Crippen molar-refractivity contribution in [1.82, 2.24) is 21.0 Å². The van der Waals surface area contributed by atoms with Crippen LogP contribution < -0.4 is 25.4 Å². The van der Waals surface area contributed by atoms with Gasteiger partial charge in [-0.3, -0.25) is 28.5 Å². The van der Waals surface area contributed by atoms with Crippen molar-refractivity contribution in [2.24, 2.45) is 4.99 Å². The van der Waals surface area contributed by atoms with Crippen LogP contribution in [0.1, 0.15) is 81.9 Å². The first-order valence-corrected chi connectivity index (χ1v) is 27.4. The Kier molecular flexibility index (Phi) is 21.6. The number of nitrogens with one attached hydrogen (secondary N) is 3. The van der Waals surface area contributed by atoms with E-state index in [9.17, 15) is 41.7 Å². The van der Waals surface area contributed by atoms with E-state index in [1.165, 1.54) is 12.1 Å². The summed E-state index contributed by atoms with van der Waals surface area (Å²) in [6, 6.07) is 3.96. The highest BCUT2D eigenvalue weighted by Gasteiger charge is 2.47. The van der Waals surface area contributed by atoms with Gasteiger partial charge in [0, 0.05) is 89.6 Å². The molecule has 414 valence electrons. The first kappa shape index (κ1) is 59.5. The minimum absolute atomic E-state index is 0.00898. The summed E-state index contributed by atoms with van der Waals surface area (Å²) in [6.07, 6.45) is 12.4. The third-order valence-electron chi connectivity index (χ3n) is 13.6. The van der Waals surface area contributed by atoms with E-state index in [1.54, 1.807) is 21.1 Å². The topological polar surface area (TPSA) is 271 Å². The van der Waals surface area contributed by atoms with Crippen LogP contribution in [0.3, 0.4) is 0 Å². The van der Waals surface area contributed by atoms with Gasteiger partial charge >= 0.3 is 11.8 Å². The predicted molar refractivity (Wildman–Crippen MR) is 280 cm³/mol. The van der Waals surface area contributed by atoms with Crippen LogP contribution in [0.5, 0.6) is 0 Å². The molecule has 2 bridgehead atoms. The molecule has 3 unspecified atom stereocenters. The van der Waals surface area contributed by atoms with Gasteiger partial charge in [-0.25, -0.2) is 9.36 Å². The van der Waals surface area contributed by atoms with E-state index in [-0.39, 0.29) is 102 Å². The Labute approximate surface area is 451 Å². The van der Waals surface area contributed by atoms with Crippen LogP contribution in [0, 0.1) is 6.92 Å². The first-order chi connectivity index (χ1) is 36.3. The molecule has 1 fully saturated rings. The number of imide groups is 1. The van der Waals surface area contributed by atoms with E-state index in [0.717, 1.165) is 33.0 Å². The van der Waals surface area contributed by atoms with Crippen LogP contribution in [0.4, 0.5) is 11.5 Å². The number of carbonyl (C=O) groups excluding carboxylic acids is 6. The zero-order valence-corrected chi connectivity index (χ0v) is 46.1. The number of amides is 5. The van der Waals surface area contributed by atoms with Crippen LogP contribution in [-0.2, 0) is 84.8 Å². The molecular weight excluding hydrogens is 1070 g/mol. The van der Waals surface area contributed by atoms with Crippen LogP contribution in [0.2, 0.25) is 0 Å². The average molecular weight is 1140 g/mol. The Bertz CT molecular complexity index is 2720. The molecule has 4 aliphatic heterocycles. The number of anilines is 1. The maximum atomic E-state index is 13.5. The van der Waals surface area contributed by atoms with Gasteiger partial charge in [0.1, 0.15) is 18.8 Å². The lowest BCUT2D eigenvalue weighted by atomic mass is 9.77. The SMILES string of the molecule is COCCC1(C)C2=Nc3c1cc(Br)c[n+]3CCOCCC(=O)NC(C(=O)NCCOCCC(=O)ON1C(=O)CCC1=O)CCNC(=O)CCOCCN1/C(=C/C=C/C=C2)C(C)(CCOC)c2cc(S(=O)(=O)O)cc(C)c21. The lowest BCUT2D eigenvalue weighted by Gasteiger charge is -2.30. The molecule has 3 atom stereocenters. The van der Waals surface area contributed by atoms with Crippen LogP contribution in [0.15, 0.2) is 74.8 Å². The molecule has 1 saturated heterocycles. The largest absolute Gasteiger partial charge is 0.385 e. The second-order valence-electron chi connectivity index (χ2n) is 19.0. The van der Waals surface area contributed by atoms with Crippen molar-refractivity contribution in [3.8, 4) is 0 Å². The molecule has 0 aliphatic carbocycles. The number of aromatic nitrogens is 1. The number of hydrogen-bond donors (Lipinski definition) is 4. The number of carbonyl (C=O) groups is 6. The Morgan fingerprint density at radius 2 is 1.59 bits per heavy atom. The molecule has 0 saturated carbocycles. The lowest BCUT2D eigenvalue weighted by molar-refractivity contribution is -0.686. The Morgan fingerprint density at radius 3 is 2.30 bits per heavy atom. The summed E-state index contributed by atoms with van der Waals surface area (Å²) in [5, 5.41) is 8.71. The smallest absolute Gasteiger partial charge is 0.335 e. The number of benzene rings is 1. The van der Waals surface area contributed by atoms with E-state index in [4.69, 9.17) is 33.5 Å². The number of allylic oxidation sites excluding steroid dienone is 6. The number of aliphatic imine (C=N–C) groups is 1. The van der Waals surface area contributed by atoms with Crippen LogP contribution >= 0.6 is 15.9 Å². The number of fused-ring (bicyclic) bond motifs is 3. The second-order valence-corrected chi connectivity index (χ2v) is 21.3. The summed E-state index contributed by atoms with van der Waals surface area (Å²) in [6.45, 7) is 7.91. The van der Waals surface area contributed by atoms with E-state index >= 15 is 0 Å². The standard InChI is InChI=1S/C52H68BrN7O15S/c1-35-31-37(76(67,68)69)33-38-48(35)59-22-30-74-23-14-43(61)54-19-13-40(50(66)55-20-28-72-25-16-47(65)75-60-45(63)11-12-46(60)64)56-44(62)15-24-73-29-21-58-34-36(53)32-39-49(58)57-41(51(39,2)17-26-70-4)9-7-6-8-10-42(59)52(38,3)18-27-71-5/h6-10,31-34,40H,11-30H2,1-5H3,(H3-,54,55,56,61,62,66,67,68,69)/p+1. The number of aryl methyl sites for hydroxylation is 1. The zero-order chi connectivity index (χ0) is 55.0. The molecule has 4 aliphatic rings. The van der Waals surface area contributed by atoms with E-state index in [0.29, 0.717) is 55.3 Å². The number of halogens is 1. The second kappa shape index (κ2) is 27.5. The van der Waals surface area contributed by atoms with Crippen LogP contribution in [-0.4, -0.2) is 152 Å².